The molecule has 5 heteroatoms. The Balaban J connectivity index is 3.01. The minimum Gasteiger partial charge on any atom is -0.295 e. The summed E-state index contributed by atoms with van der Waals surface area (Å²) >= 11 is 6.07. The molecule has 0 radical (unpaired) electrons. The van der Waals surface area contributed by atoms with Gasteiger partial charge in [-0.1, -0.05) is 34.6 Å². The topological polar surface area (TPSA) is 65.8 Å². The Hall–Kier alpha value is -1.95. The lowest BCUT2D eigenvalue weighted by molar-refractivity contribution is 0.101. The second kappa shape index (κ2) is 6.29. The third-order valence-electron chi connectivity index (χ3n) is 2.44. The summed E-state index contributed by atoms with van der Waals surface area (Å²) in [6, 6.07) is 5.02. The predicted molar refractivity (Wildman–Crippen MR) is 76.1 cm³/mol. The van der Waals surface area contributed by atoms with Crippen LogP contribution in [0.25, 0.3) is 10.4 Å². The first kappa shape index (κ1) is 15.1. The second-order valence-electron chi connectivity index (χ2n) is 4.77. The Labute approximate surface area is 117 Å². The average Bonchev–Trinajstić information content (AvgIpc) is 2.35. The summed E-state index contributed by atoms with van der Waals surface area (Å²) in [5, 5.41) is 3.96. The molecule has 0 aliphatic rings. The van der Waals surface area contributed by atoms with E-state index < -0.39 is 5.41 Å². The van der Waals surface area contributed by atoms with Crippen molar-refractivity contribution in [3.8, 4) is 11.8 Å². The third-order valence-corrected chi connectivity index (χ3v) is 2.75. The fourth-order valence-electron chi connectivity index (χ4n) is 1.32. The van der Waals surface area contributed by atoms with Crippen molar-refractivity contribution in [2.75, 3.05) is 6.54 Å². The molecule has 98 valence electrons. The Bertz CT molecular complexity index is 605. The number of azide groups is 1. The van der Waals surface area contributed by atoms with Gasteiger partial charge in [-0.3, -0.25) is 4.79 Å². The standard InChI is InChI=1S/C14H14ClN3O/c1-10(19)12-5-4-11(13(15)8-12)6-7-14(2,3)9-17-18-16/h4-5,8H,9H2,1-3H3. The van der Waals surface area contributed by atoms with Crippen molar-refractivity contribution in [3.63, 3.8) is 0 Å². The Morgan fingerprint density at radius 3 is 2.74 bits per heavy atom. The summed E-state index contributed by atoms with van der Waals surface area (Å²) < 4.78 is 0. The lowest BCUT2D eigenvalue weighted by atomic mass is 9.94. The first-order chi connectivity index (χ1) is 8.85. The van der Waals surface area contributed by atoms with Crippen molar-refractivity contribution in [1.82, 2.24) is 0 Å². The first-order valence-electron chi connectivity index (χ1n) is 5.70. The van der Waals surface area contributed by atoms with E-state index in [0.717, 1.165) is 0 Å². The number of benzene rings is 1. The normalized spacial score (nSPS) is 10.1. The van der Waals surface area contributed by atoms with Crippen LogP contribution in [0.2, 0.25) is 5.02 Å². The van der Waals surface area contributed by atoms with Gasteiger partial charge in [-0.05, 0) is 38.4 Å². The van der Waals surface area contributed by atoms with Gasteiger partial charge >= 0.3 is 0 Å². The minimum atomic E-state index is -0.422. The summed E-state index contributed by atoms with van der Waals surface area (Å²) in [6.45, 7) is 5.54. The van der Waals surface area contributed by atoms with Crippen LogP contribution in [0.1, 0.15) is 36.7 Å². The zero-order chi connectivity index (χ0) is 14.5. The van der Waals surface area contributed by atoms with Gasteiger partial charge in [0.15, 0.2) is 5.78 Å². The van der Waals surface area contributed by atoms with Crippen molar-refractivity contribution in [1.29, 1.82) is 0 Å². The van der Waals surface area contributed by atoms with Gasteiger partial charge in [0.05, 0.1) is 5.02 Å². The summed E-state index contributed by atoms with van der Waals surface area (Å²) in [5.41, 5.74) is 9.09. The van der Waals surface area contributed by atoms with Crippen LogP contribution in [0.3, 0.4) is 0 Å². The van der Waals surface area contributed by atoms with E-state index in [2.05, 4.69) is 21.9 Å². The highest BCUT2D eigenvalue weighted by atomic mass is 35.5. The Morgan fingerprint density at radius 2 is 2.21 bits per heavy atom. The lowest BCUT2D eigenvalue weighted by Crippen LogP contribution is -2.11. The van der Waals surface area contributed by atoms with Crippen LogP contribution in [-0.2, 0) is 0 Å². The molecule has 0 aromatic heterocycles. The van der Waals surface area contributed by atoms with Crippen LogP contribution < -0.4 is 0 Å². The van der Waals surface area contributed by atoms with Gasteiger partial charge in [0.2, 0.25) is 0 Å². The van der Waals surface area contributed by atoms with Crippen molar-refractivity contribution < 1.29 is 4.79 Å². The molecule has 0 N–H and O–H groups in total. The van der Waals surface area contributed by atoms with Gasteiger partial charge in [0.25, 0.3) is 0 Å². The highest BCUT2D eigenvalue weighted by Crippen LogP contribution is 2.19. The molecule has 0 bridgehead atoms. The summed E-state index contributed by atoms with van der Waals surface area (Å²) in [6.07, 6.45) is 0. The molecule has 0 spiro atoms. The van der Waals surface area contributed by atoms with E-state index >= 15 is 0 Å². The van der Waals surface area contributed by atoms with E-state index in [9.17, 15) is 4.79 Å². The maximum atomic E-state index is 11.2. The van der Waals surface area contributed by atoms with Gasteiger partial charge in [-0.25, -0.2) is 0 Å². The van der Waals surface area contributed by atoms with E-state index in [-0.39, 0.29) is 5.78 Å². The smallest absolute Gasteiger partial charge is 0.159 e. The van der Waals surface area contributed by atoms with E-state index in [1.165, 1.54) is 6.92 Å². The molecule has 0 aliphatic carbocycles. The molecule has 0 amide bonds. The second-order valence-corrected chi connectivity index (χ2v) is 5.18. The molecule has 1 rings (SSSR count). The highest BCUT2D eigenvalue weighted by molar-refractivity contribution is 6.32. The maximum Gasteiger partial charge on any atom is 0.159 e. The molecule has 0 saturated heterocycles. The molecule has 4 nitrogen and oxygen atoms in total. The number of hydrogen-bond donors (Lipinski definition) is 0. The van der Waals surface area contributed by atoms with E-state index in [1.54, 1.807) is 18.2 Å². The molecule has 0 saturated carbocycles. The Kier molecular flexibility index (Phi) is 5.00. The van der Waals surface area contributed by atoms with Crippen LogP contribution >= 0.6 is 11.6 Å². The fourth-order valence-corrected chi connectivity index (χ4v) is 1.55. The van der Waals surface area contributed by atoms with E-state index in [1.807, 2.05) is 13.8 Å². The summed E-state index contributed by atoms with van der Waals surface area (Å²) in [7, 11) is 0. The molecule has 0 atom stereocenters. The van der Waals surface area contributed by atoms with Crippen molar-refractivity contribution >= 4 is 17.4 Å². The number of nitrogens with zero attached hydrogens (tertiary/aromatic N) is 3. The molecule has 0 heterocycles. The van der Waals surface area contributed by atoms with Crippen molar-refractivity contribution in [3.05, 3.63) is 44.8 Å². The van der Waals surface area contributed by atoms with Crippen molar-refractivity contribution in [2.24, 2.45) is 10.5 Å². The number of carbonyl (C=O) groups is 1. The number of carbonyl (C=O) groups excluding carboxylic acids is 1. The van der Waals surface area contributed by atoms with Crippen LogP contribution in [0.4, 0.5) is 0 Å². The number of Topliss-reactive ketones (excluding diaryl/α,β-unsaturated/α-hetero) is 1. The molecule has 1 aromatic carbocycles. The maximum absolute atomic E-state index is 11.2. The fraction of sp³-hybridized carbons (Fsp3) is 0.357. The van der Waals surface area contributed by atoms with Gasteiger partial charge in [-0.15, -0.1) is 0 Å². The highest BCUT2D eigenvalue weighted by Gasteiger charge is 2.12. The monoisotopic (exact) mass is 275 g/mol. The molecule has 0 aliphatic heterocycles. The molecular formula is C14H14ClN3O. The number of hydrogen-bond acceptors (Lipinski definition) is 2. The minimum absolute atomic E-state index is 0.0369. The number of ketones is 1. The first-order valence-corrected chi connectivity index (χ1v) is 6.08. The largest absolute Gasteiger partial charge is 0.295 e. The number of halogens is 1. The Morgan fingerprint density at radius 1 is 1.53 bits per heavy atom. The average molecular weight is 276 g/mol. The van der Waals surface area contributed by atoms with Crippen LogP contribution in [-0.4, -0.2) is 12.3 Å². The van der Waals surface area contributed by atoms with Gasteiger partial charge < -0.3 is 0 Å². The molecule has 0 fully saturated rings. The van der Waals surface area contributed by atoms with E-state index in [0.29, 0.717) is 22.7 Å². The molecule has 19 heavy (non-hydrogen) atoms. The SMILES string of the molecule is CC(=O)c1ccc(C#CC(C)(C)CN=[N+]=[N-])c(Cl)c1. The van der Waals surface area contributed by atoms with Crippen LogP contribution in [0.15, 0.2) is 23.3 Å². The predicted octanol–water partition coefficient (Wildman–Crippen LogP) is 4.23. The van der Waals surface area contributed by atoms with Crippen molar-refractivity contribution in [2.45, 2.75) is 20.8 Å². The van der Waals surface area contributed by atoms with Gasteiger partial charge in [-0.2, -0.15) is 0 Å². The molecule has 0 unspecified atom stereocenters. The van der Waals surface area contributed by atoms with Gasteiger partial charge in [0.1, 0.15) is 0 Å². The van der Waals surface area contributed by atoms with Gasteiger partial charge in [0, 0.05) is 28.0 Å². The summed E-state index contributed by atoms with van der Waals surface area (Å²) in [5.74, 6) is 5.93. The number of rotatable bonds is 3. The van der Waals surface area contributed by atoms with E-state index in [4.69, 9.17) is 17.1 Å². The zero-order valence-electron chi connectivity index (χ0n) is 11.1. The molecular weight excluding hydrogens is 262 g/mol. The summed E-state index contributed by atoms with van der Waals surface area (Å²) in [4.78, 5) is 13.9. The van der Waals surface area contributed by atoms with Crippen LogP contribution in [0.5, 0.6) is 0 Å². The zero-order valence-corrected chi connectivity index (χ0v) is 11.8. The van der Waals surface area contributed by atoms with Crippen LogP contribution in [0, 0.1) is 17.3 Å². The lowest BCUT2D eigenvalue weighted by Gasteiger charge is -2.12. The quantitative estimate of drug-likeness (QED) is 0.268. The molecule has 1 aromatic rings. The third kappa shape index (κ3) is 4.67.